The van der Waals surface area contributed by atoms with Gasteiger partial charge in [-0.2, -0.15) is 0 Å². The fraction of sp³-hybridized carbons (Fsp3) is 0.833. The van der Waals surface area contributed by atoms with Gasteiger partial charge in [0, 0.05) is 31.6 Å². The van der Waals surface area contributed by atoms with Crippen molar-refractivity contribution < 1.29 is 9.59 Å². The molecule has 0 radical (unpaired) electrons. The van der Waals surface area contributed by atoms with Crippen LogP contribution in [0.5, 0.6) is 0 Å². The molecule has 2 atom stereocenters. The van der Waals surface area contributed by atoms with Gasteiger partial charge in [-0.25, -0.2) is 4.79 Å². The monoisotopic (exact) mass is 239 g/mol. The first-order chi connectivity index (χ1) is 8.06. The summed E-state index contributed by atoms with van der Waals surface area (Å²) in [7, 11) is 0. The first kappa shape index (κ1) is 12.2. The number of fused-ring (bicyclic) bond motifs is 1. The Morgan fingerprint density at radius 3 is 2.94 bits per heavy atom. The third-order valence-corrected chi connectivity index (χ3v) is 3.52. The highest BCUT2D eigenvalue weighted by molar-refractivity contribution is 5.77. The van der Waals surface area contributed by atoms with Crippen molar-refractivity contribution in [2.75, 3.05) is 13.1 Å². The van der Waals surface area contributed by atoms with E-state index in [4.69, 9.17) is 0 Å². The van der Waals surface area contributed by atoms with E-state index in [0.717, 1.165) is 25.9 Å². The van der Waals surface area contributed by atoms with E-state index in [1.54, 1.807) is 0 Å². The summed E-state index contributed by atoms with van der Waals surface area (Å²) >= 11 is 0. The average molecular weight is 239 g/mol. The Kier molecular flexibility index (Phi) is 3.54. The smallest absolute Gasteiger partial charge is 0.317 e. The van der Waals surface area contributed by atoms with E-state index in [9.17, 15) is 9.59 Å². The second-order valence-corrected chi connectivity index (χ2v) is 5.31. The minimum atomic E-state index is 0.0235. The summed E-state index contributed by atoms with van der Waals surface area (Å²) in [4.78, 5) is 25.0. The van der Waals surface area contributed by atoms with E-state index in [2.05, 4.69) is 10.6 Å². The molecule has 2 aliphatic heterocycles. The lowest BCUT2D eigenvalue weighted by Crippen LogP contribution is -2.57. The number of rotatable bonds is 1. The molecule has 17 heavy (non-hydrogen) atoms. The first-order valence-corrected chi connectivity index (χ1v) is 6.41. The molecular weight excluding hydrogens is 218 g/mol. The van der Waals surface area contributed by atoms with Gasteiger partial charge in [-0.15, -0.1) is 0 Å². The molecule has 0 aromatic rings. The highest BCUT2D eigenvalue weighted by atomic mass is 16.2. The fourth-order valence-electron chi connectivity index (χ4n) is 2.63. The summed E-state index contributed by atoms with van der Waals surface area (Å²) in [5, 5.41) is 5.94. The molecule has 0 aromatic heterocycles. The van der Waals surface area contributed by atoms with Crippen molar-refractivity contribution in [2.24, 2.45) is 5.92 Å². The van der Waals surface area contributed by atoms with E-state index in [1.165, 1.54) is 0 Å². The Bertz CT molecular complexity index is 317. The Hall–Kier alpha value is -1.26. The van der Waals surface area contributed by atoms with Crippen molar-refractivity contribution in [1.29, 1.82) is 0 Å². The second kappa shape index (κ2) is 4.94. The van der Waals surface area contributed by atoms with Gasteiger partial charge >= 0.3 is 6.03 Å². The maximum absolute atomic E-state index is 11.9. The molecule has 0 aliphatic carbocycles. The molecule has 2 N–H and O–H groups in total. The molecule has 2 aliphatic rings. The van der Waals surface area contributed by atoms with Crippen molar-refractivity contribution in [3.05, 3.63) is 0 Å². The van der Waals surface area contributed by atoms with Crippen molar-refractivity contribution in [2.45, 2.75) is 45.2 Å². The molecule has 0 aromatic carbocycles. The Balaban J connectivity index is 1.89. The quantitative estimate of drug-likeness (QED) is 0.707. The van der Waals surface area contributed by atoms with Crippen LogP contribution >= 0.6 is 0 Å². The molecule has 0 spiro atoms. The van der Waals surface area contributed by atoms with Gasteiger partial charge in [-0.3, -0.25) is 4.79 Å². The number of likely N-dealkylation sites (tertiary alicyclic amines) is 1. The lowest BCUT2D eigenvalue weighted by Gasteiger charge is -2.41. The summed E-state index contributed by atoms with van der Waals surface area (Å²) in [6.45, 7) is 5.43. The molecule has 2 fully saturated rings. The van der Waals surface area contributed by atoms with Gasteiger partial charge < -0.3 is 15.5 Å². The number of hydrogen-bond acceptors (Lipinski definition) is 2. The lowest BCUT2D eigenvalue weighted by atomic mass is 9.85. The van der Waals surface area contributed by atoms with Crippen LogP contribution in [0.25, 0.3) is 0 Å². The van der Waals surface area contributed by atoms with Crippen LogP contribution in [-0.4, -0.2) is 42.0 Å². The van der Waals surface area contributed by atoms with Gasteiger partial charge in [-0.05, 0) is 32.6 Å². The SMILES string of the molecule is CC(C)NC(=O)N1CCC2NC(=O)CCC2C1. The zero-order chi connectivity index (χ0) is 12.4. The van der Waals surface area contributed by atoms with Crippen molar-refractivity contribution in [3.63, 3.8) is 0 Å². The van der Waals surface area contributed by atoms with Crippen molar-refractivity contribution in [3.8, 4) is 0 Å². The van der Waals surface area contributed by atoms with Crippen molar-refractivity contribution in [1.82, 2.24) is 15.5 Å². The van der Waals surface area contributed by atoms with E-state index in [0.29, 0.717) is 12.3 Å². The Morgan fingerprint density at radius 1 is 1.47 bits per heavy atom. The molecule has 2 rings (SSSR count). The normalized spacial score (nSPS) is 28.6. The fourth-order valence-corrected chi connectivity index (χ4v) is 2.63. The maximum atomic E-state index is 11.9. The predicted molar refractivity (Wildman–Crippen MR) is 64.5 cm³/mol. The molecular formula is C12H21N3O2. The third-order valence-electron chi connectivity index (χ3n) is 3.52. The molecule has 2 saturated heterocycles. The van der Waals surface area contributed by atoms with Gasteiger partial charge in [0.25, 0.3) is 0 Å². The number of hydrogen-bond donors (Lipinski definition) is 2. The molecule has 0 bridgehead atoms. The zero-order valence-electron chi connectivity index (χ0n) is 10.5. The minimum absolute atomic E-state index is 0.0235. The topological polar surface area (TPSA) is 61.4 Å². The van der Waals surface area contributed by atoms with Crippen LogP contribution in [0.2, 0.25) is 0 Å². The van der Waals surface area contributed by atoms with Crippen LogP contribution in [0.4, 0.5) is 4.79 Å². The third kappa shape index (κ3) is 2.90. The van der Waals surface area contributed by atoms with E-state index >= 15 is 0 Å². The van der Waals surface area contributed by atoms with E-state index in [-0.39, 0.29) is 24.0 Å². The molecule has 2 unspecified atom stereocenters. The van der Waals surface area contributed by atoms with Crippen LogP contribution in [0.3, 0.4) is 0 Å². The summed E-state index contributed by atoms with van der Waals surface area (Å²) in [5.41, 5.74) is 0. The number of amides is 3. The highest BCUT2D eigenvalue weighted by Gasteiger charge is 2.35. The van der Waals surface area contributed by atoms with Crippen LogP contribution in [0.1, 0.15) is 33.1 Å². The van der Waals surface area contributed by atoms with Gasteiger partial charge in [0.2, 0.25) is 5.91 Å². The first-order valence-electron chi connectivity index (χ1n) is 6.41. The molecule has 2 heterocycles. The van der Waals surface area contributed by atoms with Gasteiger partial charge in [-0.1, -0.05) is 0 Å². The molecule has 3 amide bonds. The lowest BCUT2D eigenvalue weighted by molar-refractivity contribution is -0.125. The van der Waals surface area contributed by atoms with E-state index < -0.39 is 0 Å². The largest absolute Gasteiger partial charge is 0.353 e. The van der Waals surface area contributed by atoms with Gasteiger partial charge in [0.1, 0.15) is 0 Å². The Morgan fingerprint density at radius 2 is 2.24 bits per heavy atom. The second-order valence-electron chi connectivity index (χ2n) is 5.31. The number of nitrogens with one attached hydrogen (secondary N) is 2. The molecule has 0 saturated carbocycles. The summed E-state index contributed by atoms with van der Waals surface area (Å²) in [5.74, 6) is 0.589. The molecule has 96 valence electrons. The zero-order valence-corrected chi connectivity index (χ0v) is 10.5. The molecule has 5 heteroatoms. The standard InChI is InChI=1S/C12H21N3O2/c1-8(2)13-12(17)15-6-5-10-9(7-15)3-4-11(16)14-10/h8-10H,3-7H2,1-2H3,(H,13,17)(H,14,16). The van der Waals surface area contributed by atoms with Crippen molar-refractivity contribution >= 4 is 11.9 Å². The number of carbonyl (C=O) groups is 2. The van der Waals surface area contributed by atoms with Crippen LogP contribution in [0.15, 0.2) is 0 Å². The van der Waals surface area contributed by atoms with Gasteiger partial charge in [0.15, 0.2) is 0 Å². The van der Waals surface area contributed by atoms with Crippen LogP contribution in [-0.2, 0) is 4.79 Å². The summed E-state index contributed by atoms with van der Waals surface area (Å²) in [6, 6.07) is 0.473. The van der Waals surface area contributed by atoms with Gasteiger partial charge in [0.05, 0.1) is 0 Å². The number of urea groups is 1. The highest BCUT2D eigenvalue weighted by Crippen LogP contribution is 2.25. The summed E-state index contributed by atoms with van der Waals surface area (Å²) in [6.07, 6.45) is 2.38. The van der Waals surface area contributed by atoms with Crippen LogP contribution < -0.4 is 10.6 Å². The number of nitrogens with zero attached hydrogens (tertiary/aromatic N) is 1. The number of piperidine rings is 2. The summed E-state index contributed by atoms with van der Waals surface area (Å²) < 4.78 is 0. The maximum Gasteiger partial charge on any atom is 0.317 e. The van der Waals surface area contributed by atoms with Crippen LogP contribution in [0, 0.1) is 5.92 Å². The minimum Gasteiger partial charge on any atom is -0.353 e. The average Bonchev–Trinajstić information content (AvgIpc) is 2.27. The van der Waals surface area contributed by atoms with E-state index in [1.807, 2.05) is 18.7 Å². The Labute approximate surface area is 102 Å². The molecule has 5 nitrogen and oxygen atoms in total. The predicted octanol–water partition coefficient (Wildman–Crippen LogP) is 0.705. The number of carbonyl (C=O) groups excluding carboxylic acids is 2.